The van der Waals surface area contributed by atoms with Crippen molar-refractivity contribution in [2.24, 2.45) is 5.92 Å². The fraction of sp³-hybridized carbons (Fsp3) is 0.800. The van der Waals surface area contributed by atoms with Gasteiger partial charge in [-0.2, -0.15) is 0 Å². The molecule has 0 saturated carbocycles. The van der Waals surface area contributed by atoms with Gasteiger partial charge in [0.2, 0.25) is 11.8 Å². The zero-order valence-corrected chi connectivity index (χ0v) is 13.8. The molecule has 2 atom stereocenters. The van der Waals surface area contributed by atoms with Gasteiger partial charge in [-0.3, -0.25) is 19.8 Å². The van der Waals surface area contributed by atoms with Gasteiger partial charge in [0.15, 0.2) is 0 Å². The van der Waals surface area contributed by atoms with Crippen LogP contribution >= 0.6 is 0 Å². The number of carbonyl (C=O) groups is 3. The Morgan fingerprint density at radius 2 is 2.13 bits per heavy atom. The Bertz CT molecular complexity index is 416. The third kappa shape index (κ3) is 5.80. The molecule has 1 heterocycles. The van der Waals surface area contributed by atoms with E-state index in [9.17, 15) is 14.4 Å². The second kappa shape index (κ2) is 10.2. The highest BCUT2D eigenvalue weighted by atomic mass is 16.5. The van der Waals surface area contributed by atoms with Crippen molar-refractivity contribution in [1.82, 2.24) is 15.9 Å². The Labute approximate surface area is 136 Å². The summed E-state index contributed by atoms with van der Waals surface area (Å²) in [6.07, 6.45) is 4.48. The van der Waals surface area contributed by atoms with Gasteiger partial charge >= 0.3 is 5.97 Å². The molecule has 2 amide bonds. The van der Waals surface area contributed by atoms with Gasteiger partial charge in [0, 0.05) is 18.9 Å². The van der Waals surface area contributed by atoms with Crippen molar-refractivity contribution >= 4 is 17.8 Å². The maximum atomic E-state index is 12.8. The number of hydrogen-bond donors (Lipinski definition) is 3. The molecule has 1 rings (SSSR count). The van der Waals surface area contributed by atoms with Crippen LogP contribution in [0.2, 0.25) is 0 Å². The Morgan fingerprint density at radius 3 is 2.74 bits per heavy atom. The van der Waals surface area contributed by atoms with Gasteiger partial charge in [0.05, 0.1) is 7.11 Å². The van der Waals surface area contributed by atoms with Gasteiger partial charge in [0.1, 0.15) is 6.04 Å². The fourth-order valence-corrected chi connectivity index (χ4v) is 2.74. The van der Waals surface area contributed by atoms with Crippen LogP contribution in [0.1, 0.15) is 51.9 Å². The highest BCUT2D eigenvalue weighted by Crippen LogP contribution is 2.21. The Kier molecular flexibility index (Phi) is 8.57. The maximum Gasteiger partial charge on any atom is 0.330 e. The van der Waals surface area contributed by atoms with Crippen molar-refractivity contribution in [3.05, 3.63) is 0 Å². The number of esters is 1. The van der Waals surface area contributed by atoms with Crippen LogP contribution in [0.3, 0.4) is 0 Å². The minimum Gasteiger partial charge on any atom is -0.467 e. The van der Waals surface area contributed by atoms with E-state index in [1.54, 1.807) is 5.48 Å². The maximum absolute atomic E-state index is 12.8. The lowest BCUT2D eigenvalue weighted by atomic mass is 9.95. The van der Waals surface area contributed by atoms with Crippen LogP contribution in [0.4, 0.5) is 0 Å². The number of hydroxylamine groups is 1. The highest BCUT2D eigenvalue weighted by molar-refractivity contribution is 5.88. The molecular weight excluding hydrogens is 302 g/mol. The summed E-state index contributed by atoms with van der Waals surface area (Å²) in [7, 11) is 1.29. The van der Waals surface area contributed by atoms with Crippen LogP contribution < -0.4 is 10.9 Å². The SMILES string of the molecule is CCCCC[C@H](CC(=O)NO)C(=O)N1NCCC[C@H]1C(=O)OC. The second-order valence-electron chi connectivity index (χ2n) is 5.73. The summed E-state index contributed by atoms with van der Waals surface area (Å²) >= 11 is 0. The molecule has 0 aliphatic carbocycles. The van der Waals surface area contributed by atoms with Crippen LogP contribution in [-0.2, 0) is 19.1 Å². The summed E-state index contributed by atoms with van der Waals surface area (Å²) in [5.74, 6) is -1.96. The molecule has 8 heteroatoms. The number of unbranched alkanes of at least 4 members (excludes halogenated alkanes) is 2. The predicted octanol–water partition coefficient (Wildman–Crippen LogP) is 0.747. The largest absolute Gasteiger partial charge is 0.467 e. The van der Waals surface area contributed by atoms with E-state index in [2.05, 4.69) is 12.3 Å². The Hall–Kier alpha value is -1.67. The average molecular weight is 329 g/mol. The molecule has 1 aliphatic rings. The lowest BCUT2D eigenvalue weighted by molar-refractivity contribution is -0.160. The number of nitrogens with zero attached hydrogens (tertiary/aromatic N) is 1. The lowest BCUT2D eigenvalue weighted by Gasteiger charge is -2.36. The standard InChI is InChI=1S/C15H27N3O5/c1-3-4-5-7-11(10-13(19)17-22)14(20)18-12(15(21)23-2)8-6-9-16-18/h11-12,16,22H,3-10H2,1-2H3,(H,17,19)/t11-,12+/m1/s1. The number of hydrogen-bond acceptors (Lipinski definition) is 6. The van der Waals surface area contributed by atoms with E-state index in [1.807, 2.05) is 0 Å². The van der Waals surface area contributed by atoms with E-state index >= 15 is 0 Å². The third-order valence-electron chi connectivity index (χ3n) is 4.02. The van der Waals surface area contributed by atoms with Crippen molar-refractivity contribution in [1.29, 1.82) is 0 Å². The van der Waals surface area contributed by atoms with Crippen molar-refractivity contribution < 1.29 is 24.3 Å². The van der Waals surface area contributed by atoms with E-state index in [0.717, 1.165) is 25.7 Å². The topological polar surface area (TPSA) is 108 Å². The summed E-state index contributed by atoms with van der Waals surface area (Å²) in [5, 5.41) is 10.0. The summed E-state index contributed by atoms with van der Waals surface area (Å²) < 4.78 is 4.76. The van der Waals surface area contributed by atoms with Gasteiger partial charge in [-0.25, -0.2) is 15.7 Å². The summed E-state index contributed by atoms with van der Waals surface area (Å²) in [5.41, 5.74) is 4.50. The van der Waals surface area contributed by atoms with Crippen molar-refractivity contribution in [2.45, 2.75) is 57.9 Å². The average Bonchev–Trinajstić information content (AvgIpc) is 2.59. The first-order valence-electron chi connectivity index (χ1n) is 8.12. The number of carbonyl (C=O) groups excluding carboxylic acids is 3. The zero-order chi connectivity index (χ0) is 17.2. The van der Waals surface area contributed by atoms with Crippen LogP contribution in [0.25, 0.3) is 0 Å². The monoisotopic (exact) mass is 329 g/mol. The van der Waals surface area contributed by atoms with Gasteiger partial charge in [-0.1, -0.05) is 26.2 Å². The molecule has 0 aromatic heterocycles. The molecule has 0 aromatic carbocycles. The smallest absolute Gasteiger partial charge is 0.330 e. The number of ether oxygens (including phenoxy) is 1. The van der Waals surface area contributed by atoms with Crippen LogP contribution in [0.15, 0.2) is 0 Å². The number of rotatable bonds is 8. The predicted molar refractivity (Wildman–Crippen MR) is 82.1 cm³/mol. The van der Waals surface area contributed by atoms with Gasteiger partial charge in [-0.15, -0.1) is 0 Å². The van der Waals surface area contributed by atoms with Crippen molar-refractivity contribution in [3.8, 4) is 0 Å². The first kappa shape index (κ1) is 19.4. The number of methoxy groups -OCH3 is 1. The van der Waals surface area contributed by atoms with Crippen molar-refractivity contribution in [2.75, 3.05) is 13.7 Å². The molecular formula is C15H27N3O5. The molecule has 1 aliphatic heterocycles. The first-order chi connectivity index (χ1) is 11.0. The second-order valence-corrected chi connectivity index (χ2v) is 5.73. The van der Waals surface area contributed by atoms with Crippen LogP contribution in [-0.4, -0.2) is 47.7 Å². The molecule has 0 radical (unpaired) electrons. The molecule has 0 unspecified atom stereocenters. The molecule has 0 aromatic rings. The van der Waals surface area contributed by atoms with E-state index in [0.29, 0.717) is 19.4 Å². The minimum absolute atomic E-state index is 0.106. The fourth-order valence-electron chi connectivity index (χ4n) is 2.74. The quantitative estimate of drug-likeness (QED) is 0.262. The van der Waals surface area contributed by atoms with E-state index in [1.165, 1.54) is 12.1 Å². The molecule has 0 spiro atoms. The molecule has 1 fully saturated rings. The number of hydrazine groups is 1. The molecule has 3 N–H and O–H groups in total. The molecule has 0 bridgehead atoms. The summed E-state index contributed by atoms with van der Waals surface area (Å²) in [6, 6.07) is -0.674. The van der Waals surface area contributed by atoms with Crippen molar-refractivity contribution in [3.63, 3.8) is 0 Å². The van der Waals surface area contributed by atoms with Gasteiger partial charge < -0.3 is 4.74 Å². The third-order valence-corrected chi connectivity index (χ3v) is 4.02. The minimum atomic E-state index is -0.674. The van der Waals surface area contributed by atoms with E-state index in [-0.39, 0.29) is 12.3 Å². The Balaban J connectivity index is 2.81. The normalized spacial score (nSPS) is 19.1. The molecule has 23 heavy (non-hydrogen) atoms. The van der Waals surface area contributed by atoms with Gasteiger partial charge in [0.25, 0.3) is 0 Å². The van der Waals surface area contributed by atoms with Crippen LogP contribution in [0.5, 0.6) is 0 Å². The summed E-state index contributed by atoms with van der Waals surface area (Å²) in [4.78, 5) is 36.1. The molecule has 1 saturated heterocycles. The van der Waals surface area contributed by atoms with E-state index in [4.69, 9.17) is 9.94 Å². The number of amides is 2. The van der Waals surface area contributed by atoms with Crippen LogP contribution in [0, 0.1) is 5.92 Å². The first-order valence-corrected chi connectivity index (χ1v) is 8.12. The lowest BCUT2D eigenvalue weighted by Crippen LogP contribution is -2.58. The Morgan fingerprint density at radius 1 is 1.39 bits per heavy atom. The molecule has 8 nitrogen and oxygen atoms in total. The highest BCUT2D eigenvalue weighted by Gasteiger charge is 2.36. The van der Waals surface area contributed by atoms with E-state index < -0.39 is 23.8 Å². The number of nitrogens with one attached hydrogen (secondary N) is 2. The zero-order valence-electron chi connectivity index (χ0n) is 13.8. The van der Waals surface area contributed by atoms with Gasteiger partial charge in [-0.05, 0) is 19.3 Å². The summed E-state index contributed by atoms with van der Waals surface area (Å²) in [6.45, 7) is 2.64. The molecule has 132 valence electrons.